The minimum atomic E-state index is -0.377. The van der Waals surface area contributed by atoms with Gasteiger partial charge in [0.05, 0.1) is 18.7 Å². The molecule has 1 saturated heterocycles. The molecular weight excluding hydrogens is 312 g/mol. The van der Waals surface area contributed by atoms with E-state index in [0.717, 1.165) is 0 Å². The number of carbonyl (C=O) groups excluding carboxylic acids is 2. The van der Waals surface area contributed by atoms with E-state index in [9.17, 15) is 9.59 Å². The minimum absolute atomic E-state index is 0.0768. The maximum Gasteiger partial charge on any atom is 0.231 e. The third kappa shape index (κ3) is 2.68. The molecule has 2 aliphatic rings. The second-order valence-corrected chi connectivity index (χ2v) is 5.74. The minimum Gasteiger partial charge on any atom is -0.467 e. The van der Waals surface area contributed by atoms with Gasteiger partial charge in [0.15, 0.2) is 11.5 Å². The lowest BCUT2D eigenvalue weighted by Gasteiger charge is -2.17. The average molecular weight is 328 g/mol. The van der Waals surface area contributed by atoms with Crippen molar-refractivity contribution < 1.29 is 23.5 Å². The standard InChI is InChI=1S/C17H16N2O5/c20-16-6-11(17(21)18-8-13-2-1-5-22-13)9-19(16)12-3-4-14-15(7-12)24-10-23-14/h1-5,7,11H,6,8-10H2,(H,18,21)/t11-/m0/s1. The first-order valence-electron chi connectivity index (χ1n) is 7.71. The summed E-state index contributed by atoms with van der Waals surface area (Å²) in [6, 6.07) is 8.90. The summed E-state index contributed by atoms with van der Waals surface area (Å²) < 4.78 is 15.8. The first-order valence-corrected chi connectivity index (χ1v) is 7.71. The normalized spacial score (nSPS) is 18.9. The average Bonchev–Trinajstić information content (AvgIpc) is 3.32. The van der Waals surface area contributed by atoms with E-state index in [1.165, 1.54) is 0 Å². The number of carbonyl (C=O) groups is 2. The predicted molar refractivity (Wildman–Crippen MR) is 83.6 cm³/mol. The number of furan rings is 1. The fraction of sp³-hybridized carbons (Fsp3) is 0.294. The van der Waals surface area contributed by atoms with Gasteiger partial charge in [-0.3, -0.25) is 9.59 Å². The summed E-state index contributed by atoms with van der Waals surface area (Å²) in [5, 5.41) is 2.80. The van der Waals surface area contributed by atoms with Gasteiger partial charge in [-0.05, 0) is 24.3 Å². The molecule has 1 aromatic carbocycles. The van der Waals surface area contributed by atoms with E-state index in [1.54, 1.807) is 41.5 Å². The number of rotatable bonds is 4. The SMILES string of the molecule is O=C(NCc1ccco1)[C@H]1CC(=O)N(c2ccc3c(c2)OCO3)C1. The van der Waals surface area contributed by atoms with Crippen LogP contribution in [0.4, 0.5) is 5.69 Å². The van der Waals surface area contributed by atoms with Crippen LogP contribution in [0.3, 0.4) is 0 Å². The maximum absolute atomic E-state index is 12.3. The number of fused-ring (bicyclic) bond motifs is 1. The Balaban J connectivity index is 1.42. The first kappa shape index (κ1) is 14.6. The molecular formula is C17H16N2O5. The fourth-order valence-corrected chi connectivity index (χ4v) is 2.92. The highest BCUT2D eigenvalue weighted by atomic mass is 16.7. The Morgan fingerprint density at radius 3 is 2.96 bits per heavy atom. The van der Waals surface area contributed by atoms with Crippen molar-refractivity contribution in [1.29, 1.82) is 0 Å². The molecule has 1 aromatic heterocycles. The third-order valence-corrected chi connectivity index (χ3v) is 4.18. The lowest BCUT2D eigenvalue weighted by molar-refractivity contribution is -0.126. The van der Waals surface area contributed by atoms with Gasteiger partial charge in [0.25, 0.3) is 0 Å². The number of anilines is 1. The van der Waals surface area contributed by atoms with Gasteiger partial charge in [0.1, 0.15) is 5.76 Å². The van der Waals surface area contributed by atoms with Crippen molar-refractivity contribution in [2.24, 2.45) is 5.92 Å². The van der Waals surface area contributed by atoms with Gasteiger partial charge in [-0.2, -0.15) is 0 Å². The van der Waals surface area contributed by atoms with Gasteiger partial charge < -0.3 is 24.1 Å². The summed E-state index contributed by atoms with van der Waals surface area (Å²) in [6.07, 6.45) is 1.75. The van der Waals surface area contributed by atoms with Gasteiger partial charge in [-0.15, -0.1) is 0 Å². The van der Waals surface area contributed by atoms with Crippen LogP contribution in [0.5, 0.6) is 11.5 Å². The molecule has 0 unspecified atom stereocenters. The fourth-order valence-electron chi connectivity index (χ4n) is 2.92. The highest BCUT2D eigenvalue weighted by Gasteiger charge is 2.35. The van der Waals surface area contributed by atoms with Crippen molar-refractivity contribution in [2.75, 3.05) is 18.2 Å². The highest BCUT2D eigenvalue weighted by Crippen LogP contribution is 2.37. The summed E-state index contributed by atoms with van der Waals surface area (Å²) in [6.45, 7) is 0.855. The van der Waals surface area contributed by atoms with Crippen molar-refractivity contribution in [3.05, 3.63) is 42.4 Å². The Bertz CT molecular complexity index is 771. The number of nitrogens with one attached hydrogen (secondary N) is 1. The van der Waals surface area contributed by atoms with E-state index in [4.69, 9.17) is 13.9 Å². The smallest absolute Gasteiger partial charge is 0.231 e. The Kier molecular flexibility index (Phi) is 3.60. The highest BCUT2D eigenvalue weighted by molar-refractivity contribution is 6.00. The lowest BCUT2D eigenvalue weighted by Crippen LogP contribution is -2.32. The predicted octanol–water partition coefficient (Wildman–Crippen LogP) is 1.68. The second-order valence-electron chi connectivity index (χ2n) is 5.74. The summed E-state index contributed by atoms with van der Waals surface area (Å²) in [7, 11) is 0. The van der Waals surface area contributed by atoms with Gasteiger partial charge in [0.2, 0.25) is 18.6 Å². The number of ether oxygens (including phenoxy) is 2. The van der Waals surface area contributed by atoms with Crippen LogP contribution in [0.1, 0.15) is 12.2 Å². The van der Waals surface area contributed by atoms with Crippen LogP contribution in [0.25, 0.3) is 0 Å². The molecule has 7 heteroatoms. The quantitative estimate of drug-likeness (QED) is 0.923. The van der Waals surface area contributed by atoms with E-state index in [2.05, 4.69) is 5.32 Å². The molecule has 0 spiro atoms. The number of nitrogens with zero attached hydrogens (tertiary/aromatic N) is 1. The molecule has 2 aliphatic heterocycles. The lowest BCUT2D eigenvalue weighted by atomic mass is 10.1. The molecule has 0 radical (unpaired) electrons. The molecule has 7 nitrogen and oxygen atoms in total. The van der Waals surface area contributed by atoms with Crippen molar-refractivity contribution in [1.82, 2.24) is 5.32 Å². The van der Waals surface area contributed by atoms with Crippen LogP contribution in [-0.2, 0) is 16.1 Å². The summed E-state index contributed by atoms with van der Waals surface area (Å²) >= 11 is 0. The summed E-state index contributed by atoms with van der Waals surface area (Å²) in [5.41, 5.74) is 0.714. The van der Waals surface area contributed by atoms with Crippen LogP contribution in [0, 0.1) is 5.92 Å². The van der Waals surface area contributed by atoms with E-state index in [0.29, 0.717) is 36.0 Å². The maximum atomic E-state index is 12.3. The van der Waals surface area contributed by atoms with Crippen LogP contribution in [0.15, 0.2) is 41.0 Å². The molecule has 0 saturated carbocycles. The Hall–Kier alpha value is -2.96. The van der Waals surface area contributed by atoms with Crippen molar-refractivity contribution >= 4 is 17.5 Å². The van der Waals surface area contributed by atoms with E-state index < -0.39 is 0 Å². The third-order valence-electron chi connectivity index (χ3n) is 4.18. The number of hydrogen-bond donors (Lipinski definition) is 1. The zero-order valence-corrected chi connectivity index (χ0v) is 12.9. The second kappa shape index (κ2) is 5.92. The van der Waals surface area contributed by atoms with Crippen LogP contribution in [0.2, 0.25) is 0 Å². The molecule has 2 aromatic rings. The number of benzene rings is 1. The van der Waals surface area contributed by atoms with Crippen molar-refractivity contribution in [3.63, 3.8) is 0 Å². The zero-order chi connectivity index (χ0) is 16.5. The van der Waals surface area contributed by atoms with Gasteiger partial charge in [0, 0.05) is 24.7 Å². The monoisotopic (exact) mass is 328 g/mol. The molecule has 124 valence electrons. The van der Waals surface area contributed by atoms with E-state index in [1.807, 2.05) is 0 Å². The van der Waals surface area contributed by atoms with E-state index >= 15 is 0 Å². The Labute approximate surface area is 138 Å². The first-order chi connectivity index (χ1) is 11.7. The van der Waals surface area contributed by atoms with Crippen LogP contribution in [-0.4, -0.2) is 25.2 Å². The largest absolute Gasteiger partial charge is 0.467 e. The van der Waals surface area contributed by atoms with Gasteiger partial charge >= 0.3 is 0 Å². The van der Waals surface area contributed by atoms with Gasteiger partial charge in [-0.25, -0.2) is 0 Å². The van der Waals surface area contributed by atoms with Crippen LogP contribution >= 0.6 is 0 Å². The molecule has 1 N–H and O–H groups in total. The van der Waals surface area contributed by atoms with Crippen molar-refractivity contribution in [3.8, 4) is 11.5 Å². The molecule has 24 heavy (non-hydrogen) atoms. The molecule has 1 atom stereocenters. The van der Waals surface area contributed by atoms with E-state index in [-0.39, 0.29) is 30.9 Å². The summed E-state index contributed by atoms with van der Waals surface area (Å²) in [4.78, 5) is 26.2. The molecule has 2 amide bonds. The van der Waals surface area contributed by atoms with Crippen molar-refractivity contribution in [2.45, 2.75) is 13.0 Å². The molecule has 3 heterocycles. The molecule has 0 aliphatic carbocycles. The number of amides is 2. The Morgan fingerprint density at radius 1 is 1.25 bits per heavy atom. The molecule has 4 rings (SSSR count). The van der Waals surface area contributed by atoms with Crippen LogP contribution < -0.4 is 19.7 Å². The Morgan fingerprint density at radius 2 is 2.12 bits per heavy atom. The summed E-state index contributed by atoms with van der Waals surface area (Å²) in [5.74, 6) is 1.36. The molecule has 1 fully saturated rings. The number of hydrogen-bond acceptors (Lipinski definition) is 5. The molecule has 0 bridgehead atoms. The topological polar surface area (TPSA) is 81.0 Å². The zero-order valence-electron chi connectivity index (χ0n) is 12.9. The van der Waals surface area contributed by atoms with Gasteiger partial charge in [-0.1, -0.05) is 0 Å².